The Balaban J connectivity index is 2.13. The summed E-state index contributed by atoms with van der Waals surface area (Å²) >= 11 is 3.22. The number of nitrogens with zero attached hydrogens (tertiary/aromatic N) is 1. The normalized spacial score (nSPS) is 10.8. The Morgan fingerprint density at radius 3 is 3.00 bits per heavy atom. The number of nitrogens with one attached hydrogen (secondary N) is 1. The molecule has 0 atom stereocenters. The average molecular weight is 313 g/mol. The molecule has 0 radical (unpaired) electrons. The number of rotatable bonds is 5. The molecule has 1 heterocycles. The van der Waals surface area contributed by atoms with Crippen LogP contribution in [0, 0.1) is 5.82 Å². The van der Waals surface area contributed by atoms with E-state index >= 15 is 0 Å². The third-order valence-corrected chi connectivity index (χ3v) is 2.95. The molecule has 96 valence electrons. The van der Waals surface area contributed by atoms with Crippen molar-refractivity contribution in [2.24, 2.45) is 0 Å². The molecule has 2 aromatic rings. The van der Waals surface area contributed by atoms with Gasteiger partial charge in [-0.15, -0.1) is 0 Å². The second-order valence-electron chi connectivity index (χ2n) is 3.92. The molecule has 1 aromatic carbocycles. The molecule has 0 spiro atoms. The van der Waals surface area contributed by atoms with Gasteiger partial charge < -0.3 is 9.73 Å². The van der Waals surface area contributed by atoms with Gasteiger partial charge in [-0.05, 0) is 31.2 Å². The first kappa shape index (κ1) is 13.2. The largest absolute Gasteiger partial charge is 0.439 e. The van der Waals surface area contributed by atoms with Crippen molar-refractivity contribution in [2.75, 3.05) is 6.54 Å². The quantitative estimate of drug-likeness (QED) is 0.855. The SMILES string of the molecule is CCCNCc1ncc(-c2ccc(Br)cc2F)o1. The van der Waals surface area contributed by atoms with Crippen molar-refractivity contribution in [1.82, 2.24) is 10.3 Å². The highest BCUT2D eigenvalue weighted by Gasteiger charge is 2.11. The van der Waals surface area contributed by atoms with E-state index in [9.17, 15) is 4.39 Å². The predicted octanol–water partition coefficient (Wildman–Crippen LogP) is 3.74. The third kappa shape index (κ3) is 3.17. The van der Waals surface area contributed by atoms with Crippen LogP contribution in [0.1, 0.15) is 19.2 Å². The maximum atomic E-state index is 13.7. The smallest absolute Gasteiger partial charge is 0.208 e. The van der Waals surface area contributed by atoms with E-state index in [4.69, 9.17) is 4.42 Å². The summed E-state index contributed by atoms with van der Waals surface area (Å²) in [6.45, 7) is 3.56. The molecule has 0 aliphatic carbocycles. The van der Waals surface area contributed by atoms with E-state index in [1.165, 1.54) is 6.07 Å². The molecule has 1 aromatic heterocycles. The molecule has 18 heavy (non-hydrogen) atoms. The lowest BCUT2D eigenvalue weighted by atomic mass is 10.2. The van der Waals surface area contributed by atoms with Crippen molar-refractivity contribution in [3.05, 3.63) is 40.6 Å². The van der Waals surface area contributed by atoms with Gasteiger partial charge in [-0.25, -0.2) is 9.37 Å². The summed E-state index contributed by atoms with van der Waals surface area (Å²) in [5.41, 5.74) is 0.424. The molecular weight excluding hydrogens is 299 g/mol. The van der Waals surface area contributed by atoms with Gasteiger partial charge in [-0.2, -0.15) is 0 Å². The Kier molecular flexibility index (Phi) is 4.49. The number of oxazole rings is 1. The fourth-order valence-electron chi connectivity index (χ4n) is 1.58. The van der Waals surface area contributed by atoms with Crippen molar-refractivity contribution in [3.8, 4) is 11.3 Å². The Hall–Kier alpha value is -1.20. The number of aromatic nitrogens is 1. The van der Waals surface area contributed by atoms with E-state index in [-0.39, 0.29) is 5.82 Å². The van der Waals surface area contributed by atoms with Crippen LogP contribution in [0.25, 0.3) is 11.3 Å². The Morgan fingerprint density at radius 1 is 1.44 bits per heavy atom. The van der Waals surface area contributed by atoms with Gasteiger partial charge in [0, 0.05) is 4.47 Å². The van der Waals surface area contributed by atoms with Crippen LogP contribution in [0.15, 0.2) is 33.3 Å². The van der Waals surface area contributed by atoms with E-state index in [2.05, 4.69) is 33.2 Å². The van der Waals surface area contributed by atoms with Crippen molar-refractivity contribution in [1.29, 1.82) is 0 Å². The molecule has 0 aliphatic rings. The zero-order chi connectivity index (χ0) is 13.0. The van der Waals surface area contributed by atoms with Crippen LogP contribution in [0.2, 0.25) is 0 Å². The monoisotopic (exact) mass is 312 g/mol. The number of halogens is 2. The van der Waals surface area contributed by atoms with Crippen molar-refractivity contribution in [2.45, 2.75) is 19.9 Å². The van der Waals surface area contributed by atoms with Crippen LogP contribution < -0.4 is 5.32 Å². The third-order valence-electron chi connectivity index (χ3n) is 2.45. The zero-order valence-electron chi connectivity index (χ0n) is 10.0. The lowest BCUT2D eigenvalue weighted by molar-refractivity contribution is 0.475. The summed E-state index contributed by atoms with van der Waals surface area (Å²) in [7, 11) is 0. The maximum Gasteiger partial charge on any atom is 0.208 e. The van der Waals surface area contributed by atoms with Crippen molar-refractivity contribution in [3.63, 3.8) is 0 Å². The lowest BCUT2D eigenvalue weighted by Crippen LogP contribution is -2.13. The molecule has 0 saturated heterocycles. The number of hydrogen-bond donors (Lipinski definition) is 1. The Bertz CT molecular complexity index is 527. The van der Waals surface area contributed by atoms with E-state index in [1.807, 2.05) is 0 Å². The number of benzene rings is 1. The molecular formula is C13H14BrFN2O. The maximum absolute atomic E-state index is 13.7. The van der Waals surface area contributed by atoms with Gasteiger partial charge in [0.05, 0.1) is 18.3 Å². The predicted molar refractivity (Wildman–Crippen MR) is 71.6 cm³/mol. The van der Waals surface area contributed by atoms with Gasteiger partial charge in [0.15, 0.2) is 5.76 Å². The van der Waals surface area contributed by atoms with Crippen LogP contribution in [0.3, 0.4) is 0 Å². The first-order chi connectivity index (χ1) is 8.70. The highest BCUT2D eigenvalue weighted by molar-refractivity contribution is 9.10. The molecule has 3 nitrogen and oxygen atoms in total. The Labute approximate surface area is 114 Å². The van der Waals surface area contributed by atoms with Crippen molar-refractivity contribution < 1.29 is 8.81 Å². The standard InChI is InChI=1S/C13H14BrFN2O/c1-2-5-16-8-13-17-7-12(18-13)10-4-3-9(14)6-11(10)15/h3-4,6-7,16H,2,5,8H2,1H3. The summed E-state index contributed by atoms with van der Waals surface area (Å²) in [5.74, 6) is 0.697. The van der Waals surface area contributed by atoms with Gasteiger partial charge in [0.1, 0.15) is 5.82 Å². The van der Waals surface area contributed by atoms with Crippen LogP contribution >= 0.6 is 15.9 Å². The minimum atomic E-state index is -0.325. The highest BCUT2D eigenvalue weighted by Crippen LogP contribution is 2.26. The lowest BCUT2D eigenvalue weighted by Gasteiger charge is -2.00. The van der Waals surface area contributed by atoms with E-state index in [0.29, 0.717) is 28.2 Å². The summed E-state index contributed by atoms with van der Waals surface area (Å²) in [5, 5.41) is 3.18. The van der Waals surface area contributed by atoms with Crippen LogP contribution in [-0.2, 0) is 6.54 Å². The zero-order valence-corrected chi connectivity index (χ0v) is 11.6. The molecule has 0 aliphatic heterocycles. The van der Waals surface area contributed by atoms with E-state index < -0.39 is 0 Å². The van der Waals surface area contributed by atoms with Gasteiger partial charge in [-0.1, -0.05) is 22.9 Å². The summed E-state index contributed by atoms with van der Waals surface area (Å²) < 4.78 is 19.9. The van der Waals surface area contributed by atoms with E-state index in [1.54, 1.807) is 18.3 Å². The fraction of sp³-hybridized carbons (Fsp3) is 0.308. The van der Waals surface area contributed by atoms with E-state index in [0.717, 1.165) is 13.0 Å². The number of hydrogen-bond acceptors (Lipinski definition) is 3. The topological polar surface area (TPSA) is 38.1 Å². The van der Waals surface area contributed by atoms with Gasteiger partial charge in [0.2, 0.25) is 5.89 Å². The average Bonchev–Trinajstić information content (AvgIpc) is 2.78. The molecule has 0 fully saturated rings. The van der Waals surface area contributed by atoms with Gasteiger partial charge in [-0.3, -0.25) is 0 Å². The highest BCUT2D eigenvalue weighted by atomic mass is 79.9. The summed E-state index contributed by atoms with van der Waals surface area (Å²) in [6, 6.07) is 4.85. The second kappa shape index (κ2) is 6.11. The fourth-order valence-corrected chi connectivity index (χ4v) is 1.91. The van der Waals surface area contributed by atoms with Gasteiger partial charge >= 0.3 is 0 Å². The summed E-state index contributed by atoms with van der Waals surface area (Å²) in [6.07, 6.45) is 2.60. The molecule has 2 rings (SSSR count). The molecule has 1 N–H and O–H groups in total. The minimum Gasteiger partial charge on any atom is -0.439 e. The molecule has 0 amide bonds. The molecule has 0 unspecified atom stereocenters. The second-order valence-corrected chi connectivity index (χ2v) is 4.83. The van der Waals surface area contributed by atoms with Crippen molar-refractivity contribution >= 4 is 15.9 Å². The summed E-state index contributed by atoms with van der Waals surface area (Å²) in [4.78, 5) is 4.12. The Morgan fingerprint density at radius 2 is 2.28 bits per heavy atom. The van der Waals surface area contributed by atoms with Crippen LogP contribution in [-0.4, -0.2) is 11.5 Å². The molecule has 0 saturated carbocycles. The minimum absolute atomic E-state index is 0.325. The van der Waals surface area contributed by atoms with Crippen LogP contribution in [0.4, 0.5) is 4.39 Å². The van der Waals surface area contributed by atoms with Crippen LogP contribution in [0.5, 0.6) is 0 Å². The first-order valence-electron chi connectivity index (χ1n) is 5.81. The van der Waals surface area contributed by atoms with Gasteiger partial charge in [0.25, 0.3) is 0 Å². The molecule has 5 heteroatoms. The molecule has 0 bridgehead atoms. The first-order valence-corrected chi connectivity index (χ1v) is 6.61.